The number of carbonyl (C=O) groups excluding carboxylic acids is 1. The number of carbonyl (C=O) groups is 1. The number of anilines is 1. The van der Waals surface area contributed by atoms with Crippen LogP contribution in [-0.2, 0) is 11.3 Å². The molecule has 0 unspecified atom stereocenters. The summed E-state index contributed by atoms with van der Waals surface area (Å²) in [5, 5.41) is 3.35. The molecule has 5 rings (SSSR count). The molecule has 1 N–H and O–H groups in total. The van der Waals surface area contributed by atoms with Crippen LogP contribution in [0.3, 0.4) is 0 Å². The predicted octanol–water partition coefficient (Wildman–Crippen LogP) is 3.06. The zero-order valence-corrected chi connectivity index (χ0v) is 21.9. The Hall–Kier alpha value is -3.46. The first kappa shape index (κ1) is 25.2. The molecule has 9 heteroatoms. The number of pyridine rings is 1. The molecule has 2 aliphatic rings. The molecule has 0 atom stereocenters. The number of hydrogen-bond acceptors (Lipinski definition) is 7. The Morgan fingerprint density at radius 3 is 2.59 bits per heavy atom. The maximum absolute atomic E-state index is 13.8. The number of fused-ring (bicyclic) bond motifs is 1. The minimum atomic E-state index is -0.252. The van der Waals surface area contributed by atoms with Crippen molar-refractivity contribution in [2.24, 2.45) is 0 Å². The summed E-state index contributed by atoms with van der Waals surface area (Å²) in [5.74, 6) is 1.62. The van der Waals surface area contributed by atoms with Crippen molar-refractivity contribution in [3.63, 3.8) is 0 Å². The van der Waals surface area contributed by atoms with Crippen LogP contribution in [0.15, 0.2) is 41.3 Å². The molecular weight excluding hydrogens is 468 g/mol. The molecule has 3 aromatic rings. The quantitative estimate of drug-likeness (QED) is 0.529. The molecule has 2 aromatic heterocycles. The first-order chi connectivity index (χ1) is 17.9. The van der Waals surface area contributed by atoms with E-state index in [-0.39, 0.29) is 24.1 Å². The smallest absolute Gasteiger partial charge is 0.262 e. The van der Waals surface area contributed by atoms with Gasteiger partial charge in [-0.3, -0.25) is 14.2 Å². The van der Waals surface area contributed by atoms with Gasteiger partial charge in [-0.25, -0.2) is 9.97 Å². The SMILES string of the molecule is COc1cccc(-c2nc3cnc(N4CCC(N5CCCC5)CC4)cc3c(=O)n2CC(=O)NC(C)C)c1. The minimum Gasteiger partial charge on any atom is -0.497 e. The number of ether oxygens (including phenoxy) is 1. The van der Waals surface area contributed by atoms with E-state index in [1.165, 1.54) is 30.5 Å². The summed E-state index contributed by atoms with van der Waals surface area (Å²) in [6.45, 7) is 7.93. The lowest BCUT2D eigenvalue weighted by Gasteiger charge is -2.37. The normalized spacial score (nSPS) is 17.0. The number of nitrogens with zero attached hydrogens (tertiary/aromatic N) is 5. The highest BCUT2D eigenvalue weighted by atomic mass is 16.5. The van der Waals surface area contributed by atoms with Crippen LogP contribution in [0.4, 0.5) is 5.82 Å². The zero-order chi connectivity index (χ0) is 25.9. The van der Waals surface area contributed by atoms with Gasteiger partial charge in [-0.2, -0.15) is 0 Å². The minimum absolute atomic E-state index is 0.0313. The van der Waals surface area contributed by atoms with E-state index in [0.717, 1.165) is 31.7 Å². The number of nitrogens with one attached hydrogen (secondary N) is 1. The molecule has 0 aliphatic carbocycles. The van der Waals surface area contributed by atoms with E-state index in [1.54, 1.807) is 13.3 Å². The molecule has 0 spiro atoms. The van der Waals surface area contributed by atoms with Crippen molar-refractivity contribution < 1.29 is 9.53 Å². The lowest BCUT2D eigenvalue weighted by Crippen LogP contribution is -2.44. The fourth-order valence-corrected chi connectivity index (χ4v) is 5.49. The van der Waals surface area contributed by atoms with E-state index in [1.807, 2.05) is 44.2 Å². The molecule has 196 valence electrons. The molecular formula is C28H36N6O3. The highest BCUT2D eigenvalue weighted by Crippen LogP contribution is 2.27. The van der Waals surface area contributed by atoms with Crippen molar-refractivity contribution in [3.05, 3.63) is 46.9 Å². The summed E-state index contributed by atoms with van der Waals surface area (Å²) in [6.07, 6.45) is 6.50. The van der Waals surface area contributed by atoms with Gasteiger partial charge in [0.25, 0.3) is 5.56 Å². The van der Waals surface area contributed by atoms with Gasteiger partial charge in [0.15, 0.2) is 0 Å². The third-order valence-electron chi connectivity index (χ3n) is 7.35. The number of likely N-dealkylation sites (tertiary alicyclic amines) is 1. The predicted molar refractivity (Wildman–Crippen MR) is 145 cm³/mol. The fraction of sp³-hybridized carbons (Fsp3) is 0.500. The molecule has 1 aromatic carbocycles. The van der Waals surface area contributed by atoms with E-state index in [2.05, 4.69) is 15.1 Å². The van der Waals surface area contributed by atoms with Crippen LogP contribution in [0.2, 0.25) is 0 Å². The first-order valence-electron chi connectivity index (χ1n) is 13.3. The largest absolute Gasteiger partial charge is 0.497 e. The number of rotatable bonds is 7. The maximum atomic E-state index is 13.8. The molecule has 0 saturated carbocycles. The lowest BCUT2D eigenvalue weighted by molar-refractivity contribution is -0.122. The van der Waals surface area contributed by atoms with E-state index >= 15 is 0 Å². The molecule has 4 heterocycles. The number of methoxy groups -OCH3 is 1. The molecule has 37 heavy (non-hydrogen) atoms. The summed E-state index contributed by atoms with van der Waals surface area (Å²) < 4.78 is 6.83. The molecule has 2 aliphatic heterocycles. The highest BCUT2D eigenvalue weighted by Gasteiger charge is 2.27. The van der Waals surface area contributed by atoms with Crippen LogP contribution >= 0.6 is 0 Å². The second-order valence-electron chi connectivity index (χ2n) is 10.3. The monoisotopic (exact) mass is 504 g/mol. The van der Waals surface area contributed by atoms with Crippen LogP contribution in [0.25, 0.3) is 22.3 Å². The van der Waals surface area contributed by atoms with Gasteiger partial charge in [0.05, 0.1) is 24.2 Å². The van der Waals surface area contributed by atoms with Gasteiger partial charge in [-0.1, -0.05) is 12.1 Å². The van der Waals surface area contributed by atoms with Gasteiger partial charge in [-0.05, 0) is 70.8 Å². The summed E-state index contributed by atoms with van der Waals surface area (Å²) in [4.78, 5) is 40.9. The van der Waals surface area contributed by atoms with Gasteiger partial charge >= 0.3 is 0 Å². The molecule has 9 nitrogen and oxygen atoms in total. The molecule has 1 amide bonds. The Labute approximate surface area is 217 Å². The van der Waals surface area contributed by atoms with Gasteiger partial charge < -0.3 is 19.9 Å². The standard InChI is InChI=1S/C28H36N6O3/c1-19(2)30-26(35)18-34-27(20-7-6-8-22(15-20)37-3)31-24-17-29-25(16-23(24)28(34)36)33-13-9-21(10-14-33)32-11-4-5-12-32/h6-8,15-17,19,21H,4-5,9-14,18H2,1-3H3,(H,30,35). The second kappa shape index (κ2) is 10.9. The van der Waals surface area contributed by atoms with Gasteiger partial charge in [0.2, 0.25) is 5.91 Å². The first-order valence-corrected chi connectivity index (χ1v) is 13.3. The number of aromatic nitrogens is 3. The van der Waals surface area contributed by atoms with Crippen molar-refractivity contribution in [1.29, 1.82) is 0 Å². The maximum Gasteiger partial charge on any atom is 0.262 e. The lowest BCUT2D eigenvalue weighted by atomic mass is 10.0. The van der Waals surface area contributed by atoms with Gasteiger partial charge in [-0.15, -0.1) is 0 Å². The van der Waals surface area contributed by atoms with Gasteiger partial charge in [0.1, 0.15) is 23.9 Å². The van der Waals surface area contributed by atoms with Crippen LogP contribution in [0.1, 0.15) is 39.5 Å². The summed E-state index contributed by atoms with van der Waals surface area (Å²) >= 11 is 0. The van der Waals surface area contributed by atoms with Crippen LogP contribution in [0, 0.1) is 0 Å². The van der Waals surface area contributed by atoms with E-state index in [0.29, 0.717) is 34.1 Å². The Bertz CT molecular complexity index is 1320. The second-order valence-corrected chi connectivity index (χ2v) is 10.3. The molecule has 2 saturated heterocycles. The van der Waals surface area contributed by atoms with Crippen molar-refractivity contribution in [2.75, 3.05) is 38.2 Å². The van der Waals surface area contributed by atoms with E-state index in [4.69, 9.17) is 14.7 Å². The van der Waals surface area contributed by atoms with Crippen molar-refractivity contribution >= 4 is 22.6 Å². The average Bonchev–Trinajstić information content (AvgIpc) is 3.45. The summed E-state index contributed by atoms with van der Waals surface area (Å²) in [6, 6.07) is 9.80. The molecule has 2 fully saturated rings. The van der Waals surface area contributed by atoms with Crippen LogP contribution in [-0.4, -0.2) is 70.7 Å². The number of piperidine rings is 1. The number of hydrogen-bond donors (Lipinski definition) is 1. The Balaban J connectivity index is 1.49. The zero-order valence-electron chi connectivity index (χ0n) is 21.9. The highest BCUT2D eigenvalue weighted by molar-refractivity contribution is 5.83. The number of benzene rings is 1. The Kier molecular flexibility index (Phi) is 7.41. The van der Waals surface area contributed by atoms with E-state index in [9.17, 15) is 9.59 Å². The topological polar surface area (TPSA) is 92.6 Å². The molecule has 0 radical (unpaired) electrons. The molecule has 0 bridgehead atoms. The van der Waals surface area contributed by atoms with Crippen LogP contribution in [0.5, 0.6) is 5.75 Å². The van der Waals surface area contributed by atoms with Crippen LogP contribution < -0.4 is 20.5 Å². The average molecular weight is 505 g/mol. The van der Waals surface area contributed by atoms with E-state index < -0.39 is 0 Å². The summed E-state index contributed by atoms with van der Waals surface area (Å²) in [7, 11) is 1.59. The van der Waals surface area contributed by atoms with Crippen molar-refractivity contribution in [1.82, 2.24) is 24.8 Å². The van der Waals surface area contributed by atoms with Crippen molar-refractivity contribution in [2.45, 2.75) is 58.2 Å². The Morgan fingerprint density at radius 2 is 1.89 bits per heavy atom. The third-order valence-corrected chi connectivity index (χ3v) is 7.35. The van der Waals surface area contributed by atoms with Gasteiger partial charge in [0, 0.05) is 30.7 Å². The fourth-order valence-electron chi connectivity index (χ4n) is 5.49. The third kappa shape index (κ3) is 5.46. The Morgan fingerprint density at radius 1 is 1.14 bits per heavy atom. The van der Waals surface area contributed by atoms with Crippen molar-refractivity contribution in [3.8, 4) is 17.1 Å². The number of amides is 1. The summed E-state index contributed by atoms with van der Waals surface area (Å²) in [5.41, 5.74) is 0.958.